The van der Waals surface area contributed by atoms with Gasteiger partial charge in [-0.3, -0.25) is 4.90 Å². The Balaban J connectivity index is 1.85. The number of nitrogens with zero attached hydrogens (tertiary/aromatic N) is 1. The molecule has 0 aromatic heterocycles. The molecule has 4 heteroatoms. The normalized spacial score (nSPS) is 24.7. The van der Waals surface area contributed by atoms with Crippen LogP contribution in [0.15, 0.2) is 12.1 Å². The van der Waals surface area contributed by atoms with Crippen LogP contribution in [0, 0.1) is 0 Å². The van der Waals surface area contributed by atoms with Crippen molar-refractivity contribution in [1.82, 2.24) is 10.2 Å². The van der Waals surface area contributed by atoms with E-state index in [4.69, 9.17) is 16.3 Å². The van der Waals surface area contributed by atoms with Gasteiger partial charge in [0.15, 0.2) is 0 Å². The smallest absolute Gasteiger partial charge is 0.127 e. The zero-order valence-electron chi connectivity index (χ0n) is 13.2. The molecule has 0 spiro atoms. The average molecular weight is 309 g/mol. The summed E-state index contributed by atoms with van der Waals surface area (Å²) in [5.74, 6) is 1.07. The van der Waals surface area contributed by atoms with Crippen molar-refractivity contribution in [1.29, 1.82) is 0 Å². The molecule has 0 bridgehead atoms. The van der Waals surface area contributed by atoms with Gasteiger partial charge >= 0.3 is 0 Å². The van der Waals surface area contributed by atoms with E-state index in [1.54, 1.807) is 0 Å². The van der Waals surface area contributed by atoms with Gasteiger partial charge in [-0.15, -0.1) is 0 Å². The van der Waals surface area contributed by atoms with E-state index in [1.165, 1.54) is 11.1 Å². The summed E-state index contributed by atoms with van der Waals surface area (Å²) in [5, 5.41) is 4.47. The molecule has 1 fully saturated rings. The van der Waals surface area contributed by atoms with Gasteiger partial charge < -0.3 is 10.1 Å². The highest BCUT2D eigenvalue weighted by Crippen LogP contribution is 2.35. The van der Waals surface area contributed by atoms with Gasteiger partial charge in [-0.05, 0) is 38.0 Å². The summed E-state index contributed by atoms with van der Waals surface area (Å²) in [6.45, 7) is 10.6. The lowest BCUT2D eigenvalue weighted by atomic mass is 9.95. The molecule has 0 radical (unpaired) electrons. The Hall–Kier alpha value is -0.770. The Kier molecular flexibility index (Phi) is 4.17. The summed E-state index contributed by atoms with van der Waals surface area (Å²) in [7, 11) is 0. The molecule has 0 saturated carbocycles. The predicted octanol–water partition coefficient (Wildman–Crippen LogP) is 3.24. The molecule has 2 aliphatic heterocycles. The van der Waals surface area contributed by atoms with E-state index in [-0.39, 0.29) is 5.54 Å². The van der Waals surface area contributed by atoms with Gasteiger partial charge in [0.2, 0.25) is 0 Å². The van der Waals surface area contributed by atoms with Crippen molar-refractivity contribution in [3.63, 3.8) is 0 Å². The largest absolute Gasteiger partial charge is 0.493 e. The fourth-order valence-corrected chi connectivity index (χ4v) is 3.57. The molecule has 2 aliphatic rings. The molecule has 1 N–H and O–H groups in total. The second-order valence-electron chi connectivity index (χ2n) is 6.83. The van der Waals surface area contributed by atoms with Gasteiger partial charge in [-0.25, -0.2) is 0 Å². The molecule has 1 unspecified atom stereocenters. The average Bonchev–Trinajstić information content (AvgIpc) is 2.89. The number of ether oxygens (including phenoxy) is 1. The third-order valence-corrected chi connectivity index (χ3v) is 5.02. The first-order chi connectivity index (χ1) is 9.99. The minimum atomic E-state index is 0.152. The van der Waals surface area contributed by atoms with E-state index in [1.807, 2.05) is 6.07 Å². The molecule has 116 valence electrons. The second-order valence-corrected chi connectivity index (χ2v) is 7.27. The summed E-state index contributed by atoms with van der Waals surface area (Å²) in [5.41, 5.74) is 2.65. The molecule has 0 aliphatic carbocycles. The fraction of sp³-hybridized carbons (Fsp3) is 0.647. The first-order valence-electron chi connectivity index (χ1n) is 7.92. The minimum Gasteiger partial charge on any atom is -0.493 e. The molecule has 0 amide bonds. The predicted molar refractivity (Wildman–Crippen MR) is 87.2 cm³/mol. The Labute approximate surface area is 132 Å². The van der Waals surface area contributed by atoms with E-state index in [0.717, 1.165) is 49.9 Å². The maximum atomic E-state index is 6.29. The summed E-state index contributed by atoms with van der Waals surface area (Å²) in [6.07, 6.45) is 2.14. The monoisotopic (exact) mass is 308 g/mol. The number of piperazine rings is 1. The van der Waals surface area contributed by atoms with Gasteiger partial charge in [0, 0.05) is 48.2 Å². The van der Waals surface area contributed by atoms with Crippen LogP contribution in [0.4, 0.5) is 0 Å². The first-order valence-corrected chi connectivity index (χ1v) is 8.30. The third-order valence-electron chi connectivity index (χ3n) is 4.80. The first kappa shape index (κ1) is 15.1. The Morgan fingerprint density at radius 2 is 2.24 bits per heavy atom. The maximum absolute atomic E-state index is 6.29. The number of halogens is 1. The molecule has 3 rings (SSSR count). The van der Waals surface area contributed by atoms with E-state index in [0.29, 0.717) is 6.04 Å². The van der Waals surface area contributed by atoms with Crippen molar-refractivity contribution in [2.24, 2.45) is 0 Å². The molecule has 3 nitrogen and oxygen atoms in total. The summed E-state index contributed by atoms with van der Waals surface area (Å²) in [6, 6.07) is 4.70. The molecule has 1 aromatic rings. The van der Waals surface area contributed by atoms with Crippen LogP contribution in [-0.2, 0) is 13.0 Å². The molecule has 21 heavy (non-hydrogen) atoms. The number of fused-ring (bicyclic) bond motifs is 1. The van der Waals surface area contributed by atoms with Crippen molar-refractivity contribution in [3.8, 4) is 5.75 Å². The number of nitrogens with one attached hydrogen (secondary N) is 1. The SMILES string of the molecule is CCC1CN(Cc2cc(Cl)cc3c2OCC3)C(C)(C)CN1. The summed E-state index contributed by atoms with van der Waals surface area (Å²) < 4.78 is 5.85. The lowest BCUT2D eigenvalue weighted by Gasteiger charge is -2.46. The van der Waals surface area contributed by atoms with Crippen LogP contribution in [0.5, 0.6) is 5.75 Å². The molecule has 1 saturated heterocycles. The van der Waals surface area contributed by atoms with Crippen LogP contribution >= 0.6 is 11.6 Å². The highest BCUT2D eigenvalue weighted by molar-refractivity contribution is 6.30. The number of hydrogen-bond donors (Lipinski definition) is 1. The van der Waals surface area contributed by atoms with Gasteiger partial charge in [0.1, 0.15) is 5.75 Å². The zero-order chi connectivity index (χ0) is 15.0. The summed E-state index contributed by atoms with van der Waals surface area (Å²) >= 11 is 6.29. The van der Waals surface area contributed by atoms with Gasteiger partial charge in [-0.2, -0.15) is 0 Å². The molecule has 1 aromatic carbocycles. The zero-order valence-corrected chi connectivity index (χ0v) is 14.0. The van der Waals surface area contributed by atoms with Gasteiger partial charge in [0.25, 0.3) is 0 Å². The quantitative estimate of drug-likeness (QED) is 0.928. The lowest BCUT2D eigenvalue weighted by Crippen LogP contribution is -2.61. The molecule has 2 heterocycles. The van der Waals surface area contributed by atoms with Crippen molar-refractivity contribution < 1.29 is 4.74 Å². The van der Waals surface area contributed by atoms with E-state index in [2.05, 4.69) is 37.1 Å². The number of benzene rings is 1. The van der Waals surface area contributed by atoms with E-state index < -0.39 is 0 Å². The Morgan fingerprint density at radius 1 is 1.43 bits per heavy atom. The topological polar surface area (TPSA) is 24.5 Å². The highest BCUT2D eigenvalue weighted by atomic mass is 35.5. The van der Waals surface area contributed by atoms with Crippen LogP contribution in [0.25, 0.3) is 0 Å². The summed E-state index contributed by atoms with van der Waals surface area (Å²) in [4.78, 5) is 2.56. The molecular weight excluding hydrogens is 284 g/mol. The van der Waals surface area contributed by atoms with E-state index >= 15 is 0 Å². The molecule has 1 atom stereocenters. The van der Waals surface area contributed by atoms with E-state index in [9.17, 15) is 0 Å². The molecular formula is C17H25ClN2O. The highest BCUT2D eigenvalue weighted by Gasteiger charge is 2.34. The van der Waals surface area contributed by atoms with Crippen molar-refractivity contribution in [2.45, 2.75) is 51.7 Å². The standard InChI is InChI=1S/C17H25ClN2O/c1-4-15-10-20(17(2,3)11-19-15)9-13-8-14(18)7-12-5-6-21-16(12)13/h7-8,15,19H,4-6,9-11H2,1-3H3. The fourth-order valence-electron chi connectivity index (χ4n) is 3.30. The lowest BCUT2D eigenvalue weighted by molar-refractivity contribution is 0.0570. The van der Waals surface area contributed by atoms with Crippen LogP contribution in [0.2, 0.25) is 5.02 Å². The van der Waals surface area contributed by atoms with Crippen LogP contribution in [-0.4, -0.2) is 36.2 Å². The van der Waals surface area contributed by atoms with Crippen molar-refractivity contribution in [2.75, 3.05) is 19.7 Å². The van der Waals surface area contributed by atoms with Crippen LogP contribution in [0.1, 0.15) is 38.3 Å². The van der Waals surface area contributed by atoms with Crippen molar-refractivity contribution in [3.05, 3.63) is 28.3 Å². The minimum absolute atomic E-state index is 0.152. The van der Waals surface area contributed by atoms with Crippen LogP contribution in [0.3, 0.4) is 0 Å². The second kappa shape index (κ2) is 5.79. The van der Waals surface area contributed by atoms with Crippen LogP contribution < -0.4 is 10.1 Å². The van der Waals surface area contributed by atoms with Gasteiger partial charge in [-0.1, -0.05) is 18.5 Å². The Morgan fingerprint density at radius 3 is 3.00 bits per heavy atom. The maximum Gasteiger partial charge on any atom is 0.127 e. The van der Waals surface area contributed by atoms with Crippen molar-refractivity contribution >= 4 is 11.6 Å². The van der Waals surface area contributed by atoms with Gasteiger partial charge in [0.05, 0.1) is 6.61 Å². The third kappa shape index (κ3) is 3.05. The number of rotatable bonds is 3. The Bertz CT molecular complexity index is 530. The number of hydrogen-bond acceptors (Lipinski definition) is 3.